The number of aliphatic carboxylic acids is 1. The lowest BCUT2D eigenvalue weighted by Gasteiger charge is -2.19. The second kappa shape index (κ2) is 14.9. The van der Waals surface area contributed by atoms with E-state index in [0.29, 0.717) is 0 Å². The minimum absolute atomic E-state index is 0.0682. The van der Waals surface area contributed by atoms with Gasteiger partial charge in [-0.1, -0.05) is 0 Å². The quantitative estimate of drug-likeness (QED) is 0.0634. The number of primary amides is 1. The Hall–Kier alpha value is -3.95. The topological polar surface area (TPSA) is 287 Å². The molecule has 0 aliphatic rings. The predicted octanol–water partition coefficient (Wildman–Crippen LogP) is -5.84. The summed E-state index contributed by atoms with van der Waals surface area (Å²) < 4.78 is 0. The van der Waals surface area contributed by atoms with Gasteiger partial charge in [0.1, 0.15) is 18.6 Å². The summed E-state index contributed by atoms with van der Waals surface area (Å²) >= 11 is 0. The molecule has 0 spiro atoms. The fraction of sp³-hybridized carbons (Fsp3) is 0.562. The number of nitrogens with one attached hydrogen (secondary N) is 4. The van der Waals surface area contributed by atoms with E-state index in [2.05, 4.69) is 26.3 Å². The Balaban J connectivity index is 4.93. The summed E-state index contributed by atoms with van der Waals surface area (Å²) in [6, 6.07) is -2.48. The number of hydrogen-bond acceptors (Lipinski definition) is 8. The smallest absolute Gasteiger partial charge is 0.322 e. The maximum atomic E-state index is 12.2. The van der Waals surface area contributed by atoms with Gasteiger partial charge < -0.3 is 49.3 Å². The van der Waals surface area contributed by atoms with Crippen molar-refractivity contribution in [1.82, 2.24) is 21.3 Å². The van der Waals surface area contributed by atoms with Gasteiger partial charge >= 0.3 is 5.97 Å². The van der Waals surface area contributed by atoms with Crippen LogP contribution in [0.25, 0.3) is 0 Å². The lowest BCUT2D eigenvalue weighted by molar-refractivity contribution is -0.138. The molecule has 16 heteroatoms. The largest absolute Gasteiger partial charge is 0.480 e. The van der Waals surface area contributed by atoms with Gasteiger partial charge in [0, 0.05) is 6.54 Å². The molecule has 0 fully saturated rings. The van der Waals surface area contributed by atoms with E-state index in [1.165, 1.54) is 0 Å². The number of carbonyl (C=O) groups excluding carboxylic acids is 5. The Bertz CT molecular complexity index is 737. The van der Waals surface area contributed by atoms with Crippen LogP contribution in [0.5, 0.6) is 0 Å². The molecule has 0 heterocycles. The van der Waals surface area contributed by atoms with Crippen molar-refractivity contribution in [2.45, 2.75) is 31.3 Å². The van der Waals surface area contributed by atoms with Gasteiger partial charge in [-0.05, 0) is 12.8 Å². The standard InChI is InChI=1S/C16H29N9O7/c17-5-11(27)25-9(4-10(18)26)15(32)22-6-12(28)24-8(2-1-3-21-16(19)20)14(31)23-7-13(29)30/h8-9H,1-7,17H2,(H2,18,26)(H,22,32)(H,23,31)(H,24,28)(H,25,27)(H,29,30)(H4,19,20,21)/t8-,9-/m0/s1. The van der Waals surface area contributed by atoms with Gasteiger partial charge in [0.05, 0.1) is 19.5 Å². The molecule has 0 aromatic heterocycles. The predicted molar refractivity (Wildman–Crippen MR) is 110 cm³/mol. The number of guanidine groups is 1. The first-order chi connectivity index (χ1) is 15.0. The molecule has 0 radical (unpaired) electrons. The monoisotopic (exact) mass is 459 g/mol. The van der Waals surface area contributed by atoms with Crippen molar-refractivity contribution in [2.75, 3.05) is 26.2 Å². The maximum absolute atomic E-state index is 12.2. The Labute approximate surface area is 182 Å². The Morgan fingerprint density at radius 2 is 1.41 bits per heavy atom. The number of hydrogen-bond donors (Lipinski definition) is 9. The Morgan fingerprint density at radius 3 is 1.94 bits per heavy atom. The number of carboxylic acid groups (broad SMARTS) is 1. The summed E-state index contributed by atoms with van der Waals surface area (Å²) in [7, 11) is 0. The molecule has 5 amide bonds. The SMILES string of the molecule is NCC(=O)N[C@@H](CC(N)=O)C(=O)NCC(=O)N[C@@H](CCCN=C(N)N)C(=O)NCC(=O)O. The van der Waals surface area contributed by atoms with Crippen LogP contribution in [0.2, 0.25) is 0 Å². The minimum atomic E-state index is -1.34. The van der Waals surface area contributed by atoms with Gasteiger partial charge in [-0.25, -0.2) is 0 Å². The molecule has 13 N–H and O–H groups in total. The highest BCUT2D eigenvalue weighted by Crippen LogP contribution is 1.99. The lowest BCUT2D eigenvalue weighted by Crippen LogP contribution is -2.53. The van der Waals surface area contributed by atoms with E-state index in [1.807, 2.05) is 0 Å². The van der Waals surface area contributed by atoms with E-state index < -0.39 is 73.6 Å². The van der Waals surface area contributed by atoms with Crippen molar-refractivity contribution in [2.24, 2.45) is 27.9 Å². The van der Waals surface area contributed by atoms with E-state index in [-0.39, 0.29) is 25.3 Å². The molecule has 0 aliphatic carbocycles. The summed E-state index contributed by atoms with van der Waals surface area (Å²) in [4.78, 5) is 73.4. The molecular formula is C16H29N9O7. The summed E-state index contributed by atoms with van der Waals surface area (Å²) in [6.45, 7) is -1.54. The molecule has 0 aromatic rings. The zero-order valence-electron chi connectivity index (χ0n) is 17.3. The average molecular weight is 459 g/mol. The molecule has 32 heavy (non-hydrogen) atoms. The molecule has 180 valence electrons. The van der Waals surface area contributed by atoms with Crippen molar-refractivity contribution < 1.29 is 33.9 Å². The normalized spacial score (nSPS) is 11.9. The van der Waals surface area contributed by atoms with Crippen LogP contribution in [0.4, 0.5) is 0 Å². The van der Waals surface area contributed by atoms with Crippen molar-refractivity contribution >= 4 is 41.5 Å². The van der Waals surface area contributed by atoms with Crippen LogP contribution in [-0.4, -0.2) is 84.8 Å². The van der Waals surface area contributed by atoms with Crippen molar-refractivity contribution in [3.8, 4) is 0 Å². The molecule has 0 bridgehead atoms. The number of aliphatic imine (C=N–C) groups is 1. The summed E-state index contributed by atoms with van der Waals surface area (Å²) in [5.74, 6) is -5.46. The van der Waals surface area contributed by atoms with E-state index in [0.717, 1.165) is 0 Å². The highest BCUT2D eigenvalue weighted by molar-refractivity contribution is 5.95. The zero-order valence-corrected chi connectivity index (χ0v) is 17.3. The number of amides is 5. The third-order valence-electron chi connectivity index (χ3n) is 3.68. The van der Waals surface area contributed by atoms with E-state index in [1.54, 1.807) is 0 Å². The molecule has 16 nitrogen and oxygen atoms in total. The minimum Gasteiger partial charge on any atom is -0.480 e. The van der Waals surface area contributed by atoms with E-state index in [4.69, 9.17) is 28.0 Å². The number of carbonyl (C=O) groups is 6. The summed E-state index contributed by atoms with van der Waals surface area (Å²) in [6.07, 6.45) is -0.176. The Morgan fingerprint density at radius 1 is 0.844 bits per heavy atom. The fourth-order valence-corrected chi connectivity index (χ4v) is 2.26. The first-order valence-corrected chi connectivity index (χ1v) is 9.35. The second-order valence-electron chi connectivity index (χ2n) is 6.39. The van der Waals surface area contributed by atoms with Gasteiger partial charge in [0.15, 0.2) is 5.96 Å². The van der Waals surface area contributed by atoms with Crippen LogP contribution in [-0.2, 0) is 28.8 Å². The zero-order chi connectivity index (χ0) is 24.7. The van der Waals surface area contributed by atoms with Gasteiger partial charge in [-0.2, -0.15) is 0 Å². The molecule has 0 aromatic carbocycles. The Kier molecular flexibility index (Phi) is 13.1. The van der Waals surface area contributed by atoms with Crippen LogP contribution in [0, 0.1) is 0 Å². The van der Waals surface area contributed by atoms with Crippen LogP contribution >= 0.6 is 0 Å². The third kappa shape index (κ3) is 13.3. The molecule has 0 aliphatic heterocycles. The van der Waals surface area contributed by atoms with Gasteiger partial charge in [-0.15, -0.1) is 0 Å². The van der Waals surface area contributed by atoms with Crippen LogP contribution < -0.4 is 44.2 Å². The van der Waals surface area contributed by atoms with Gasteiger partial charge in [0.25, 0.3) is 0 Å². The molecule has 0 unspecified atom stereocenters. The van der Waals surface area contributed by atoms with E-state index in [9.17, 15) is 28.8 Å². The first-order valence-electron chi connectivity index (χ1n) is 9.35. The maximum Gasteiger partial charge on any atom is 0.322 e. The number of nitrogens with two attached hydrogens (primary N) is 4. The summed E-state index contributed by atoms with van der Waals surface area (Å²) in [5.41, 5.74) is 20.6. The second-order valence-corrected chi connectivity index (χ2v) is 6.39. The van der Waals surface area contributed by atoms with Crippen molar-refractivity contribution in [3.63, 3.8) is 0 Å². The van der Waals surface area contributed by atoms with Gasteiger partial charge in [-0.3, -0.25) is 33.8 Å². The molecular weight excluding hydrogens is 430 g/mol. The van der Waals surface area contributed by atoms with Crippen LogP contribution in [0.15, 0.2) is 4.99 Å². The highest BCUT2D eigenvalue weighted by Gasteiger charge is 2.24. The molecule has 2 atom stereocenters. The fourth-order valence-electron chi connectivity index (χ4n) is 2.26. The highest BCUT2D eigenvalue weighted by atomic mass is 16.4. The van der Waals surface area contributed by atoms with Crippen molar-refractivity contribution in [1.29, 1.82) is 0 Å². The molecule has 0 saturated heterocycles. The van der Waals surface area contributed by atoms with Crippen molar-refractivity contribution in [3.05, 3.63) is 0 Å². The number of rotatable bonds is 15. The van der Waals surface area contributed by atoms with E-state index >= 15 is 0 Å². The van der Waals surface area contributed by atoms with Gasteiger partial charge in [0.2, 0.25) is 29.5 Å². The first kappa shape index (κ1) is 28.1. The third-order valence-corrected chi connectivity index (χ3v) is 3.68. The molecule has 0 saturated carbocycles. The molecule has 0 rings (SSSR count). The summed E-state index contributed by atoms with van der Waals surface area (Å²) in [5, 5.41) is 17.5. The number of carboxylic acids is 1. The average Bonchev–Trinajstić information content (AvgIpc) is 2.71. The lowest BCUT2D eigenvalue weighted by atomic mass is 10.1. The van der Waals surface area contributed by atoms with Crippen LogP contribution in [0.1, 0.15) is 19.3 Å². The number of nitrogens with zero attached hydrogens (tertiary/aromatic N) is 1. The van der Waals surface area contributed by atoms with Crippen LogP contribution in [0.3, 0.4) is 0 Å².